The molecule has 1 saturated heterocycles. The van der Waals surface area contributed by atoms with Crippen LogP contribution in [0.1, 0.15) is 18.4 Å². The Morgan fingerprint density at radius 3 is 2.47 bits per heavy atom. The van der Waals surface area contributed by atoms with Crippen molar-refractivity contribution >= 4 is 23.2 Å². The van der Waals surface area contributed by atoms with E-state index in [1.807, 2.05) is 0 Å². The van der Waals surface area contributed by atoms with E-state index in [1.165, 1.54) is 7.11 Å². The first kappa shape index (κ1) is 19.9. The fraction of sp³-hybridized carbons (Fsp3) is 0.238. The van der Waals surface area contributed by atoms with Crippen LogP contribution in [-0.4, -0.2) is 33.9 Å². The van der Waals surface area contributed by atoms with E-state index in [9.17, 15) is 14.4 Å². The molecule has 0 radical (unpaired) electrons. The van der Waals surface area contributed by atoms with Crippen molar-refractivity contribution in [2.75, 3.05) is 18.6 Å². The summed E-state index contributed by atoms with van der Waals surface area (Å²) < 4.78 is 7.29. The lowest BCUT2D eigenvalue weighted by molar-refractivity contribution is -0.117. The van der Waals surface area contributed by atoms with Gasteiger partial charge in [-0.2, -0.15) is 4.68 Å². The van der Waals surface area contributed by atoms with E-state index in [0.717, 1.165) is 21.2 Å². The van der Waals surface area contributed by atoms with Gasteiger partial charge < -0.3 is 9.64 Å². The fourth-order valence-corrected chi connectivity index (χ4v) is 3.54. The minimum atomic E-state index is -0.625. The van der Waals surface area contributed by atoms with Crippen molar-refractivity contribution in [1.82, 2.24) is 14.3 Å². The summed E-state index contributed by atoms with van der Waals surface area (Å²) in [5.41, 5.74) is 0.605. The Kier molecular flexibility index (Phi) is 5.41. The number of carbonyl (C=O) groups excluding carboxylic acids is 1. The molecule has 4 rings (SSSR count). The largest absolute Gasteiger partial charge is 0.476 e. The molecule has 0 unspecified atom stereocenters. The van der Waals surface area contributed by atoms with Crippen molar-refractivity contribution in [2.24, 2.45) is 0 Å². The van der Waals surface area contributed by atoms with E-state index >= 15 is 0 Å². The highest BCUT2D eigenvalue weighted by atomic mass is 35.5. The Bertz CT molecular complexity index is 1220. The molecule has 154 valence electrons. The van der Waals surface area contributed by atoms with Crippen LogP contribution in [0.5, 0.6) is 5.88 Å². The summed E-state index contributed by atoms with van der Waals surface area (Å²) >= 11 is 5.92. The first-order valence-electron chi connectivity index (χ1n) is 9.41. The van der Waals surface area contributed by atoms with Crippen LogP contribution in [-0.2, 0) is 11.3 Å². The lowest BCUT2D eigenvalue weighted by atomic mass is 10.2. The zero-order chi connectivity index (χ0) is 21.3. The zero-order valence-corrected chi connectivity index (χ0v) is 17.0. The Hall–Kier alpha value is -3.39. The maximum Gasteiger partial charge on any atom is 0.352 e. The monoisotopic (exact) mass is 426 g/mol. The smallest absolute Gasteiger partial charge is 0.352 e. The van der Waals surface area contributed by atoms with Crippen LogP contribution < -0.4 is 20.9 Å². The van der Waals surface area contributed by atoms with Gasteiger partial charge in [0.1, 0.15) is 0 Å². The van der Waals surface area contributed by atoms with E-state index in [-0.39, 0.29) is 18.3 Å². The third-order valence-electron chi connectivity index (χ3n) is 4.94. The minimum Gasteiger partial charge on any atom is -0.476 e. The lowest BCUT2D eigenvalue weighted by Gasteiger charge is -2.17. The number of anilines is 1. The lowest BCUT2D eigenvalue weighted by Crippen LogP contribution is -2.41. The molecule has 1 fully saturated rings. The molecule has 2 heterocycles. The van der Waals surface area contributed by atoms with Gasteiger partial charge in [0.25, 0.3) is 5.88 Å². The molecule has 3 aromatic rings. The number of hydrogen-bond acceptors (Lipinski definition) is 5. The van der Waals surface area contributed by atoms with Gasteiger partial charge in [0.05, 0.1) is 19.3 Å². The van der Waals surface area contributed by atoms with E-state index < -0.39 is 11.2 Å². The summed E-state index contributed by atoms with van der Waals surface area (Å²) in [4.78, 5) is 39.6. The second-order valence-electron chi connectivity index (χ2n) is 6.89. The summed E-state index contributed by atoms with van der Waals surface area (Å²) in [5.74, 6) is -0.163. The maximum absolute atomic E-state index is 13.1. The van der Waals surface area contributed by atoms with Gasteiger partial charge in [-0.3, -0.25) is 9.59 Å². The highest BCUT2D eigenvalue weighted by Crippen LogP contribution is 2.23. The Morgan fingerprint density at radius 2 is 1.80 bits per heavy atom. The van der Waals surface area contributed by atoms with E-state index in [1.54, 1.807) is 53.4 Å². The molecule has 2 aromatic carbocycles. The van der Waals surface area contributed by atoms with Crippen molar-refractivity contribution in [3.05, 3.63) is 80.0 Å². The fourth-order valence-electron chi connectivity index (χ4n) is 3.41. The molecule has 0 atom stereocenters. The average molecular weight is 427 g/mol. The molecule has 9 heteroatoms. The zero-order valence-electron chi connectivity index (χ0n) is 16.2. The molecule has 30 heavy (non-hydrogen) atoms. The molecule has 0 N–H and O–H groups in total. The van der Waals surface area contributed by atoms with Gasteiger partial charge in [-0.1, -0.05) is 29.8 Å². The van der Waals surface area contributed by atoms with Crippen molar-refractivity contribution in [3.8, 4) is 11.6 Å². The number of rotatable bonds is 5. The summed E-state index contributed by atoms with van der Waals surface area (Å²) in [5, 5.41) is 4.65. The summed E-state index contributed by atoms with van der Waals surface area (Å²) in [6.07, 6.45) is 1.29. The highest BCUT2D eigenvalue weighted by Gasteiger charge is 2.22. The summed E-state index contributed by atoms with van der Waals surface area (Å²) in [7, 11) is 1.32. The standard InChI is InChI=1S/C21H19ClN4O4/c1-30-19-20(28)25(13-14-7-9-15(22)10-8-14)21(29)26(23-19)17-5-2-4-16(12-17)24-11-3-6-18(24)27/h2,4-5,7-10,12H,3,6,11,13H2,1H3. The number of nitrogens with zero attached hydrogens (tertiary/aromatic N) is 4. The Balaban J connectivity index is 1.81. The highest BCUT2D eigenvalue weighted by molar-refractivity contribution is 6.30. The van der Waals surface area contributed by atoms with E-state index in [4.69, 9.17) is 16.3 Å². The van der Waals surface area contributed by atoms with Crippen molar-refractivity contribution in [1.29, 1.82) is 0 Å². The minimum absolute atomic E-state index is 0.0396. The molecule has 1 aromatic heterocycles. The number of ether oxygens (including phenoxy) is 1. The number of halogens is 1. The van der Waals surface area contributed by atoms with Gasteiger partial charge in [-0.25, -0.2) is 9.36 Å². The number of methoxy groups -OCH3 is 1. The SMILES string of the molecule is COc1nn(-c2cccc(N3CCCC3=O)c2)c(=O)n(Cc2ccc(Cl)cc2)c1=O. The topological polar surface area (TPSA) is 86.4 Å². The molecule has 1 amide bonds. The third kappa shape index (κ3) is 3.73. The van der Waals surface area contributed by atoms with Gasteiger partial charge in [0.2, 0.25) is 5.91 Å². The molecular formula is C21H19ClN4O4. The van der Waals surface area contributed by atoms with Crippen molar-refractivity contribution in [3.63, 3.8) is 0 Å². The predicted octanol–water partition coefficient (Wildman–Crippen LogP) is 2.23. The summed E-state index contributed by atoms with van der Waals surface area (Å²) in [6.45, 7) is 0.669. The van der Waals surface area contributed by atoms with Crippen LogP contribution in [0.3, 0.4) is 0 Å². The van der Waals surface area contributed by atoms with Crippen molar-refractivity contribution in [2.45, 2.75) is 19.4 Å². The quantitative estimate of drug-likeness (QED) is 0.624. The van der Waals surface area contributed by atoms with Gasteiger partial charge >= 0.3 is 11.2 Å². The first-order valence-corrected chi connectivity index (χ1v) is 9.79. The number of hydrogen-bond donors (Lipinski definition) is 0. The second-order valence-corrected chi connectivity index (χ2v) is 7.33. The average Bonchev–Trinajstić information content (AvgIpc) is 3.19. The van der Waals surface area contributed by atoms with E-state index in [2.05, 4.69) is 5.10 Å². The molecule has 0 spiro atoms. The number of carbonyl (C=O) groups is 1. The van der Waals surface area contributed by atoms with Crippen LogP contribution in [0.25, 0.3) is 5.69 Å². The first-order chi connectivity index (χ1) is 14.5. The van der Waals surface area contributed by atoms with Crippen molar-refractivity contribution < 1.29 is 9.53 Å². The third-order valence-corrected chi connectivity index (χ3v) is 5.19. The molecule has 1 aliphatic heterocycles. The molecular weight excluding hydrogens is 408 g/mol. The molecule has 1 aliphatic rings. The number of aromatic nitrogens is 3. The molecule has 8 nitrogen and oxygen atoms in total. The Morgan fingerprint density at radius 1 is 1.07 bits per heavy atom. The van der Waals surface area contributed by atoms with Gasteiger partial charge in [0.15, 0.2) is 0 Å². The van der Waals surface area contributed by atoms with Crippen LogP contribution in [0, 0.1) is 0 Å². The number of amides is 1. The van der Waals surface area contributed by atoms with Gasteiger partial charge in [0, 0.05) is 23.7 Å². The van der Waals surface area contributed by atoms with Gasteiger partial charge in [-0.15, -0.1) is 5.10 Å². The predicted molar refractivity (Wildman–Crippen MR) is 113 cm³/mol. The molecule has 0 aliphatic carbocycles. The van der Waals surface area contributed by atoms with Crippen LogP contribution in [0.15, 0.2) is 58.1 Å². The molecule has 0 bridgehead atoms. The van der Waals surface area contributed by atoms with Gasteiger partial charge in [-0.05, 0) is 42.3 Å². The van der Waals surface area contributed by atoms with Crippen LogP contribution in [0.2, 0.25) is 5.02 Å². The normalized spacial score (nSPS) is 13.7. The number of benzene rings is 2. The molecule has 0 saturated carbocycles. The van der Waals surface area contributed by atoms with Crippen LogP contribution >= 0.6 is 11.6 Å². The maximum atomic E-state index is 13.1. The van der Waals surface area contributed by atoms with Crippen LogP contribution in [0.4, 0.5) is 5.69 Å². The summed E-state index contributed by atoms with van der Waals surface area (Å²) in [6, 6.07) is 13.8. The Labute approximate surface area is 176 Å². The second kappa shape index (κ2) is 8.16. The van der Waals surface area contributed by atoms with E-state index in [0.29, 0.717) is 29.4 Å².